The topological polar surface area (TPSA) is 66.3 Å². The first kappa shape index (κ1) is 23.9. The van der Waals surface area contributed by atoms with E-state index in [0.717, 1.165) is 55.9 Å². The number of piperidine rings is 1. The quantitative estimate of drug-likeness (QED) is 0.479. The molecule has 2 aromatic carbocycles. The van der Waals surface area contributed by atoms with Gasteiger partial charge in [-0.05, 0) is 50.3 Å². The molecule has 1 aromatic heterocycles. The van der Waals surface area contributed by atoms with E-state index >= 15 is 0 Å². The van der Waals surface area contributed by atoms with Gasteiger partial charge in [-0.1, -0.05) is 60.3 Å². The van der Waals surface area contributed by atoms with Crippen LogP contribution in [-0.4, -0.2) is 63.0 Å². The number of hydrogen-bond donors (Lipinski definition) is 1. The molecule has 184 valence electrons. The van der Waals surface area contributed by atoms with Crippen LogP contribution >= 0.6 is 11.8 Å². The van der Waals surface area contributed by atoms with Gasteiger partial charge in [0.1, 0.15) is 0 Å². The molecule has 2 unspecified atom stereocenters. The largest absolute Gasteiger partial charge is 0.351 e. The monoisotopic (exact) mass is 490 g/mol. The molecule has 3 aromatic rings. The maximum Gasteiger partial charge on any atom is 0.233 e. The molecule has 1 amide bonds. The summed E-state index contributed by atoms with van der Waals surface area (Å²) in [6.45, 7) is 6.76. The van der Waals surface area contributed by atoms with Gasteiger partial charge < -0.3 is 10.2 Å². The van der Waals surface area contributed by atoms with Crippen LogP contribution in [0.1, 0.15) is 38.2 Å². The molecule has 35 heavy (non-hydrogen) atoms. The second kappa shape index (κ2) is 11.3. The molecule has 2 atom stereocenters. The number of likely N-dealkylation sites (tertiary alicyclic amines) is 1. The molecular weight excluding hydrogens is 456 g/mol. The molecule has 2 saturated heterocycles. The van der Waals surface area contributed by atoms with E-state index in [1.807, 2.05) is 31.2 Å². The molecule has 0 spiro atoms. The first-order valence-corrected chi connectivity index (χ1v) is 13.5. The summed E-state index contributed by atoms with van der Waals surface area (Å²) >= 11 is 1.48. The molecule has 0 saturated carbocycles. The van der Waals surface area contributed by atoms with Gasteiger partial charge in [-0.2, -0.15) is 0 Å². The summed E-state index contributed by atoms with van der Waals surface area (Å²) in [6, 6.07) is 20.9. The zero-order chi connectivity index (χ0) is 24.0. The van der Waals surface area contributed by atoms with E-state index in [0.29, 0.717) is 0 Å². The van der Waals surface area contributed by atoms with E-state index in [-0.39, 0.29) is 17.2 Å². The number of anilines is 1. The third-order valence-electron chi connectivity index (χ3n) is 6.79. The highest BCUT2D eigenvalue weighted by atomic mass is 32.2. The molecule has 0 radical (unpaired) electrons. The van der Waals surface area contributed by atoms with Crippen LogP contribution in [0.5, 0.6) is 0 Å². The molecule has 2 aliphatic heterocycles. The van der Waals surface area contributed by atoms with Crippen LogP contribution in [0.2, 0.25) is 0 Å². The molecule has 3 heterocycles. The van der Waals surface area contributed by atoms with Crippen LogP contribution in [0, 0.1) is 0 Å². The average molecular weight is 491 g/mol. The highest BCUT2D eigenvalue weighted by Crippen LogP contribution is 2.30. The molecule has 0 bridgehead atoms. The summed E-state index contributed by atoms with van der Waals surface area (Å²) in [7, 11) is 0. The van der Waals surface area contributed by atoms with Crippen LogP contribution in [0.25, 0.3) is 5.69 Å². The number of carbonyl (C=O) groups excluding carboxylic acids is 1. The molecule has 0 aliphatic carbocycles. The summed E-state index contributed by atoms with van der Waals surface area (Å²) in [4.78, 5) is 17.8. The van der Waals surface area contributed by atoms with Crippen molar-refractivity contribution in [3.05, 3.63) is 66.2 Å². The number of nitrogens with one attached hydrogen (secondary N) is 1. The van der Waals surface area contributed by atoms with E-state index in [9.17, 15) is 4.79 Å². The Morgan fingerprint density at radius 2 is 1.71 bits per heavy atom. The normalized spacial score (nSPS) is 19.6. The maximum atomic E-state index is 13.1. The van der Waals surface area contributed by atoms with Gasteiger partial charge in [0.15, 0.2) is 5.16 Å². The first-order chi connectivity index (χ1) is 17.2. The molecule has 7 nitrogen and oxygen atoms in total. The van der Waals surface area contributed by atoms with Crippen molar-refractivity contribution in [3.8, 4) is 5.69 Å². The SMILES string of the molecule is CC(Sc1nnc(N2CCCCC2)n1-c1ccccc1)C(=O)NC1CCN(Cc2ccccc2)C1. The minimum atomic E-state index is -0.265. The Hall–Kier alpha value is -2.84. The van der Waals surface area contributed by atoms with Crippen molar-refractivity contribution >= 4 is 23.6 Å². The van der Waals surface area contributed by atoms with Crippen LogP contribution < -0.4 is 10.2 Å². The van der Waals surface area contributed by atoms with E-state index in [2.05, 4.69) is 66.3 Å². The molecule has 5 rings (SSSR count). The Kier molecular flexibility index (Phi) is 7.69. The number of amides is 1. The fourth-order valence-electron chi connectivity index (χ4n) is 4.91. The molecule has 2 fully saturated rings. The summed E-state index contributed by atoms with van der Waals surface area (Å²) in [5, 5.41) is 12.9. The molecule has 8 heteroatoms. The fourth-order valence-corrected chi connectivity index (χ4v) is 5.78. The van der Waals surface area contributed by atoms with Gasteiger partial charge in [-0.15, -0.1) is 10.2 Å². The Morgan fingerprint density at radius 1 is 1.00 bits per heavy atom. The second-order valence-corrected chi connectivity index (χ2v) is 10.8. The van der Waals surface area contributed by atoms with Crippen molar-refractivity contribution in [2.45, 2.75) is 55.6 Å². The lowest BCUT2D eigenvalue weighted by atomic mass is 10.1. The highest BCUT2D eigenvalue weighted by Gasteiger charge is 2.28. The van der Waals surface area contributed by atoms with Gasteiger partial charge in [-0.3, -0.25) is 14.3 Å². The number of para-hydroxylation sites is 1. The minimum absolute atomic E-state index is 0.0590. The molecule has 2 aliphatic rings. The van der Waals surface area contributed by atoms with Gasteiger partial charge in [0.2, 0.25) is 11.9 Å². The van der Waals surface area contributed by atoms with Gasteiger partial charge >= 0.3 is 0 Å². The predicted octanol–water partition coefficient (Wildman–Crippen LogP) is 4.13. The Labute approximate surface area is 211 Å². The van der Waals surface area contributed by atoms with Crippen molar-refractivity contribution < 1.29 is 4.79 Å². The lowest BCUT2D eigenvalue weighted by Crippen LogP contribution is -2.40. The number of aromatic nitrogens is 3. The van der Waals surface area contributed by atoms with Gasteiger partial charge in [0.05, 0.1) is 10.9 Å². The van der Waals surface area contributed by atoms with Crippen molar-refractivity contribution in [1.82, 2.24) is 25.0 Å². The Morgan fingerprint density at radius 3 is 2.46 bits per heavy atom. The Bertz CT molecular complexity index is 1100. The van der Waals surface area contributed by atoms with Crippen molar-refractivity contribution in [1.29, 1.82) is 0 Å². The van der Waals surface area contributed by atoms with Crippen LogP contribution in [0.3, 0.4) is 0 Å². The summed E-state index contributed by atoms with van der Waals surface area (Å²) in [5.74, 6) is 0.932. The smallest absolute Gasteiger partial charge is 0.233 e. The fraction of sp³-hybridized carbons (Fsp3) is 0.444. The van der Waals surface area contributed by atoms with Gasteiger partial charge in [0, 0.05) is 38.8 Å². The summed E-state index contributed by atoms with van der Waals surface area (Å²) in [5.41, 5.74) is 2.34. The van der Waals surface area contributed by atoms with E-state index in [4.69, 9.17) is 0 Å². The summed E-state index contributed by atoms with van der Waals surface area (Å²) in [6.07, 6.45) is 4.59. The number of hydrogen-bond acceptors (Lipinski definition) is 6. The zero-order valence-electron chi connectivity index (χ0n) is 20.3. The van der Waals surface area contributed by atoms with Crippen molar-refractivity contribution in [3.63, 3.8) is 0 Å². The van der Waals surface area contributed by atoms with E-state index < -0.39 is 0 Å². The lowest BCUT2D eigenvalue weighted by Gasteiger charge is -2.28. The summed E-state index contributed by atoms with van der Waals surface area (Å²) < 4.78 is 2.11. The number of thioether (sulfide) groups is 1. The minimum Gasteiger partial charge on any atom is -0.351 e. The Balaban J connectivity index is 1.23. The lowest BCUT2D eigenvalue weighted by molar-refractivity contribution is -0.120. The third kappa shape index (κ3) is 5.87. The second-order valence-electron chi connectivity index (χ2n) is 9.48. The highest BCUT2D eigenvalue weighted by molar-refractivity contribution is 8.00. The average Bonchev–Trinajstić information content (AvgIpc) is 3.52. The third-order valence-corrected chi connectivity index (χ3v) is 7.83. The molecule has 1 N–H and O–H groups in total. The molecular formula is C27H34N6OS. The number of nitrogens with zero attached hydrogens (tertiary/aromatic N) is 5. The zero-order valence-corrected chi connectivity index (χ0v) is 21.2. The van der Waals surface area contributed by atoms with Crippen LogP contribution in [0.15, 0.2) is 65.8 Å². The first-order valence-electron chi connectivity index (χ1n) is 12.7. The van der Waals surface area contributed by atoms with Crippen LogP contribution in [-0.2, 0) is 11.3 Å². The van der Waals surface area contributed by atoms with Gasteiger partial charge in [-0.25, -0.2) is 0 Å². The van der Waals surface area contributed by atoms with Crippen LogP contribution in [0.4, 0.5) is 5.95 Å². The number of benzene rings is 2. The number of carbonyl (C=O) groups is 1. The van der Waals surface area contributed by atoms with Crippen molar-refractivity contribution in [2.24, 2.45) is 0 Å². The van der Waals surface area contributed by atoms with Crippen molar-refractivity contribution in [2.75, 3.05) is 31.1 Å². The van der Waals surface area contributed by atoms with E-state index in [1.165, 1.54) is 36.6 Å². The maximum absolute atomic E-state index is 13.1. The predicted molar refractivity (Wildman–Crippen MR) is 141 cm³/mol. The number of rotatable bonds is 8. The van der Waals surface area contributed by atoms with Gasteiger partial charge in [0.25, 0.3) is 0 Å². The standard InChI is InChI=1S/C27H34N6OS/c1-21(25(34)28-23-15-18-31(20-23)19-22-11-5-2-6-12-22)35-27-30-29-26(32-16-9-4-10-17-32)33(27)24-13-7-3-8-14-24/h2-3,5-8,11-14,21,23H,4,9-10,15-20H2,1H3,(H,28,34). The van der Waals surface area contributed by atoms with E-state index in [1.54, 1.807) is 0 Å².